The molecule has 0 aliphatic heterocycles. The summed E-state index contributed by atoms with van der Waals surface area (Å²) >= 11 is 1.70. The second kappa shape index (κ2) is 6.39. The Labute approximate surface area is 133 Å². The summed E-state index contributed by atoms with van der Waals surface area (Å²) in [6.07, 6.45) is 4.68. The number of rotatable bonds is 6. The third kappa shape index (κ3) is 2.94. The third-order valence-electron chi connectivity index (χ3n) is 3.60. The fourth-order valence-corrected chi connectivity index (χ4v) is 3.18. The molecule has 0 bridgehead atoms. The van der Waals surface area contributed by atoms with Crippen LogP contribution in [0.2, 0.25) is 0 Å². The van der Waals surface area contributed by atoms with Crippen molar-refractivity contribution in [2.24, 2.45) is 7.05 Å². The average Bonchev–Trinajstić information content (AvgIpc) is 3.07. The van der Waals surface area contributed by atoms with Crippen LogP contribution in [0.15, 0.2) is 11.7 Å². The molecule has 3 aromatic heterocycles. The minimum Gasteiger partial charge on any atom is -0.369 e. The molecule has 0 atom stereocenters. The van der Waals surface area contributed by atoms with Gasteiger partial charge in [-0.3, -0.25) is 4.68 Å². The van der Waals surface area contributed by atoms with Gasteiger partial charge in [0.15, 0.2) is 5.65 Å². The van der Waals surface area contributed by atoms with Gasteiger partial charge in [-0.15, -0.1) is 11.3 Å². The summed E-state index contributed by atoms with van der Waals surface area (Å²) in [5.41, 5.74) is 3.90. The minimum absolute atomic E-state index is 0.829. The van der Waals surface area contributed by atoms with Crippen LogP contribution in [-0.2, 0) is 19.9 Å². The summed E-state index contributed by atoms with van der Waals surface area (Å²) in [5.74, 6) is 1.75. The van der Waals surface area contributed by atoms with E-state index in [-0.39, 0.29) is 0 Å². The second-order valence-electron chi connectivity index (χ2n) is 5.28. The summed E-state index contributed by atoms with van der Waals surface area (Å²) < 4.78 is 1.80. The Balaban J connectivity index is 1.81. The zero-order valence-corrected chi connectivity index (χ0v) is 13.9. The lowest BCUT2D eigenvalue weighted by Gasteiger charge is -2.08. The number of hydrogen-bond donors (Lipinski definition) is 1. The normalized spacial score (nSPS) is 11.2. The van der Waals surface area contributed by atoms with Gasteiger partial charge < -0.3 is 5.32 Å². The van der Waals surface area contributed by atoms with Crippen LogP contribution >= 0.6 is 11.3 Å². The smallest absolute Gasteiger partial charge is 0.163 e. The van der Waals surface area contributed by atoms with Crippen LogP contribution in [0.3, 0.4) is 0 Å². The number of aryl methyl sites for hydroxylation is 3. The molecule has 0 fully saturated rings. The van der Waals surface area contributed by atoms with E-state index in [1.165, 1.54) is 4.88 Å². The van der Waals surface area contributed by atoms with Crippen molar-refractivity contribution < 1.29 is 0 Å². The average molecular weight is 316 g/mol. The van der Waals surface area contributed by atoms with Crippen LogP contribution in [0.4, 0.5) is 5.82 Å². The quantitative estimate of drug-likeness (QED) is 0.757. The number of nitrogens with one attached hydrogen (secondary N) is 1. The third-order valence-corrected chi connectivity index (χ3v) is 4.60. The van der Waals surface area contributed by atoms with E-state index in [0.29, 0.717) is 0 Å². The lowest BCUT2D eigenvalue weighted by atomic mass is 10.3. The highest BCUT2D eigenvalue weighted by Gasteiger charge is 2.11. The van der Waals surface area contributed by atoms with Gasteiger partial charge in [-0.2, -0.15) is 5.10 Å². The van der Waals surface area contributed by atoms with E-state index in [0.717, 1.165) is 54.2 Å². The fraction of sp³-hybridized carbons (Fsp3) is 0.467. The highest BCUT2D eigenvalue weighted by Crippen LogP contribution is 2.20. The van der Waals surface area contributed by atoms with Gasteiger partial charge in [0, 0.05) is 31.3 Å². The predicted molar refractivity (Wildman–Crippen MR) is 89.3 cm³/mol. The molecule has 0 unspecified atom stereocenters. The monoisotopic (exact) mass is 316 g/mol. The number of aromatic nitrogens is 5. The van der Waals surface area contributed by atoms with Crippen molar-refractivity contribution in [1.82, 2.24) is 24.7 Å². The first-order valence-corrected chi connectivity index (χ1v) is 8.38. The Morgan fingerprint density at radius 3 is 2.86 bits per heavy atom. The molecule has 3 heterocycles. The maximum absolute atomic E-state index is 4.66. The molecule has 0 aliphatic carbocycles. The Morgan fingerprint density at radius 1 is 1.27 bits per heavy atom. The molecular formula is C15H20N6S. The number of anilines is 1. The summed E-state index contributed by atoms with van der Waals surface area (Å²) in [6.45, 7) is 5.02. The lowest BCUT2D eigenvalue weighted by molar-refractivity contribution is 0.772. The standard InChI is InChI=1S/C15H20N6S/c1-4-5-13-19-14(11-8-18-21(3)15(11)20-13)16-7-6-12-10(2)17-9-22-12/h8-9H,4-7H2,1-3H3,(H,16,19,20). The number of hydrogen-bond acceptors (Lipinski definition) is 6. The Morgan fingerprint density at radius 2 is 2.14 bits per heavy atom. The zero-order chi connectivity index (χ0) is 15.5. The van der Waals surface area contributed by atoms with Crippen LogP contribution in [-0.4, -0.2) is 31.3 Å². The first-order valence-electron chi connectivity index (χ1n) is 7.50. The molecule has 22 heavy (non-hydrogen) atoms. The topological polar surface area (TPSA) is 68.5 Å². The van der Waals surface area contributed by atoms with Crippen molar-refractivity contribution in [2.45, 2.75) is 33.1 Å². The van der Waals surface area contributed by atoms with E-state index in [9.17, 15) is 0 Å². The van der Waals surface area contributed by atoms with E-state index in [1.54, 1.807) is 16.0 Å². The van der Waals surface area contributed by atoms with Gasteiger partial charge in [0.1, 0.15) is 11.6 Å². The van der Waals surface area contributed by atoms with Gasteiger partial charge in [0.25, 0.3) is 0 Å². The molecule has 6 nitrogen and oxygen atoms in total. The van der Waals surface area contributed by atoms with E-state index in [4.69, 9.17) is 0 Å². The van der Waals surface area contributed by atoms with Crippen LogP contribution in [0.5, 0.6) is 0 Å². The molecule has 0 aromatic carbocycles. The first kappa shape index (κ1) is 14.9. The molecule has 1 N–H and O–H groups in total. The van der Waals surface area contributed by atoms with Crippen molar-refractivity contribution in [2.75, 3.05) is 11.9 Å². The van der Waals surface area contributed by atoms with Gasteiger partial charge in [-0.1, -0.05) is 6.92 Å². The number of nitrogens with zero attached hydrogens (tertiary/aromatic N) is 5. The predicted octanol–water partition coefficient (Wildman–Crippen LogP) is 2.74. The maximum Gasteiger partial charge on any atom is 0.163 e. The van der Waals surface area contributed by atoms with E-state index in [1.807, 2.05) is 18.8 Å². The fourth-order valence-electron chi connectivity index (χ4n) is 2.40. The summed E-state index contributed by atoms with van der Waals surface area (Å²) in [6, 6.07) is 0. The Hall–Kier alpha value is -2.02. The second-order valence-corrected chi connectivity index (χ2v) is 6.22. The molecule has 116 valence electrons. The van der Waals surface area contributed by atoms with E-state index >= 15 is 0 Å². The summed E-state index contributed by atoms with van der Waals surface area (Å²) in [7, 11) is 1.91. The zero-order valence-electron chi connectivity index (χ0n) is 13.1. The largest absolute Gasteiger partial charge is 0.369 e. The van der Waals surface area contributed by atoms with Crippen LogP contribution < -0.4 is 5.32 Å². The van der Waals surface area contributed by atoms with Crippen molar-refractivity contribution >= 4 is 28.2 Å². The molecule has 0 amide bonds. The molecule has 7 heteroatoms. The number of fused-ring (bicyclic) bond motifs is 1. The van der Waals surface area contributed by atoms with Crippen molar-refractivity contribution in [3.05, 3.63) is 28.1 Å². The van der Waals surface area contributed by atoms with Gasteiger partial charge in [0.2, 0.25) is 0 Å². The van der Waals surface area contributed by atoms with Crippen molar-refractivity contribution in [3.8, 4) is 0 Å². The Bertz CT molecular complexity index is 776. The first-order chi connectivity index (χ1) is 10.7. The highest BCUT2D eigenvalue weighted by molar-refractivity contribution is 7.09. The molecule has 3 rings (SSSR count). The highest BCUT2D eigenvalue weighted by atomic mass is 32.1. The van der Waals surface area contributed by atoms with Crippen molar-refractivity contribution in [3.63, 3.8) is 0 Å². The molecule has 0 saturated carbocycles. The van der Waals surface area contributed by atoms with Gasteiger partial charge in [-0.25, -0.2) is 15.0 Å². The molecule has 0 aliphatic rings. The number of thiazole rings is 1. The molecule has 0 radical (unpaired) electrons. The van der Waals surface area contributed by atoms with E-state index < -0.39 is 0 Å². The van der Waals surface area contributed by atoms with E-state index in [2.05, 4.69) is 39.2 Å². The molecule has 3 aromatic rings. The van der Waals surface area contributed by atoms with Crippen LogP contribution in [0, 0.1) is 6.92 Å². The SMILES string of the molecule is CCCc1nc(NCCc2scnc2C)c2cnn(C)c2n1. The minimum atomic E-state index is 0.829. The van der Waals surface area contributed by atoms with Gasteiger partial charge >= 0.3 is 0 Å². The maximum atomic E-state index is 4.66. The van der Waals surface area contributed by atoms with Crippen molar-refractivity contribution in [1.29, 1.82) is 0 Å². The molecular weight excluding hydrogens is 296 g/mol. The van der Waals surface area contributed by atoms with Gasteiger partial charge in [0.05, 0.1) is 22.8 Å². The lowest BCUT2D eigenvalue weighted by Crippen LogP contribution is -2.09. The molecule has 0 saturated heterocycles. The molecule has 0 spiro atoms. The summed E-state index contributed by atoms with van der Waals surface area (Å²) in [4.78, 5) is 14.9. The van der Waals surface area contributed by atoms with Crippen LogP contribution in [0.25, 0.3) is 11.0 Å². The Kier molecular flexibility index (Phi) is 4.33. The van der Waals surface area contributed by atoms with Gasteiger partial charge in [-0.05, 0) is 13.3 Å². The summed E-state index contributed by atoms with van der Waals surface area (Å²) in [5, 5.41) is 8.71. The van der Waals surface area contributed by atoms with Crippen LogP contribution in [0.1, 0.15) is 29.7 Å².